The fraction of sp³-hybridized carbons (Fsp3) is 0.333. The number of aryl methyl sites for hydroxylation is 2. The quantitative estimate of drug-likeness (QED) is 0.712. The van der Waals surface area contributed by atoms with Gasteiger partial charge in [0.25, 0.3) is 0 Å². The van der Waals surface area contributed by atoms with Gasteiger partial charge in [-0.25, -0.2) is 0 Å². The van der Waals surface area contributed by atoms with Crippen LogP contribution in [0.15, 0.2) is 35.2 Å². The molecular formula is C15H16F3NS2. The molecule has 0 bridgehead atoms. The highest BCUT2D eigenvalue weighted by Crippen LogP contribution is 2.32. The summed E-state index contributed by atoms with van der Waals surface area (Å²) in [5, 5.41) is 3.24. The highest BCUT2D eigenvalue weighted by Gasteiger charge is 2.27. The van der Waals surface area contributed by atoms with E-state index < -0.39 is 11.9 Å². The fourth-order valence-electron chi connectivity index (χ4n) is 1.95. The number of thiophene rings is 1. The highest BCUT2D eigenvalue weighted by molar-refractivity contribution is 7.99. The van der Waals surface area contributed by atoms with Crippen molar-refractivity contribution in [3.63, 3.8) is 0 Å². The predicted octanol–water partition coefficient (Wildman–Crippen LogP) is 5.63. The third kappa shape index (κ3) is 4.97. The molecule has 0 amide bonds. The van der Waals surface area contributed by atoms with Gasteiger partial charge >= 0.3 is 6.18 Å². The smallest absolute Gasteiger partial charge is 0.380 e. The Hall–Kier alpha value is -1.14. The van der Waals surface area contributed by atoms with Crippen molar-refractivity contribution in [2.45, 2.75) is 31.5 Å². The van der Waals surface area contributed by atoms with Gasteiger partial charge in [0.1, 0.15) is 0 Å². The van der Waals surface area contributed by atoms with Gasteiger partial charge in [-0.3, -0.25) is 0 Å². The van der Waals surface area contributed by atoms with E-state index in [1.54, 1.807) is 23.5 Å². The molecule has 21 heavy (non-hydrogen) atoms. The Morgan fingerprint density at radius 1 is 1.19 bits per heavy atom. The van der Waals surface area contributed by atoms with Gasteiger partial charge in [-0.2, -0.15) is 13.2 Å². The number of halogens is 3. The maximum Gasteiger partial charge on any atom is 0.398 e. The molecule has 0 fully saturated rings. The summed E-state index contributed by atoms with van der Waals surface area (Å²) in [4.78, 5) is 3.10. The molecule has 1 N–H and O–H groups in total. The van der Waals surface area contributed by atoms with Crippen LogP contribution in [-0.2, 0) is 6.54 Å². The standard InChI is InChI=1S/C15H16F3NS2/c1-10-7-12(11(2)21-10)8-19-13-5-3-4-6-14(13)20-9-15(16,17)18/h3-7,19H,8-9H2,1-2H3. The second kappa shape index (κ2) is 6.75. The minimum atomic E-state index is -4.15. The van der Waals surface area contributed by atoms with Crippen LogP contribution in [0.3, 0.4) is 0 Å². The van der Waals surface area contributed by atoms with Crippen LogP contribution in [0, 0.1) is 13.8 Å². The SMILES string of the molecule is Cc1cc(CNc2ccccc2SCC(F)(F)F)c(C)s1. The third-order valence-electron chi connectivity index (χ3n) is 2.89. The zero-order valence-electron chi connectivity index (χ0n) is 11.8. The van der Waals surface area contributed by atoms with Gasteiger partial charge in [0.2, 0.25) is 0 Å². The van der Waals surface area contributed by atoms with E-state index in [2.05, 4.69) is 18.3 Å². The van der Waals surface area contributed by atoms with Gasteiger partial charge in [-0.15, -0.1) is 23.1 Å². The summed E-state index contributed by atoms with van der Waals surface area (Å²) in [6.45, 7) is 4.73. The Morgan fingerprint density at radius 2 is 1.90 bits per heavy atom. The lowest BCUT2D eigenvalue weighted by Gasteiger charge is -2.12. The van der Waals surface area contributed by atoms with Crippen LogP contribution in [-0.4, -0.2) is 11.9 Å². The van der Waals surface area contributed by atoms with E-state index in [1.807, 2.05) is 19.1 Å². The zero-order valence-corrected chi connectivity index (χ0v) is 13.4. The second-order valence-electron chi connectivity index (χ2n) is 4.69. The minimum absolute atomic E-state index is 0.624. The van der Waals surface area contributed by atoms with Crippen molar-refractivity contribution in [2.75, 3.05) is 11.1 Å². The first-order valence-corrected chi connectivity index (χ1v) is 8.24. The van der Waals surface area contributed by atoms with Gasteiger partial charge in [-0.1, -0.05) is 12.1 Å². The van der Waals surface area contributed by atoms with Gasteiger partial charge < -0.3 is 5.32 Å². The summed E-state index contributed by atoms with van der Waals surface area (Å²) in [7, 11) is 0. The van der Waals surface area contributed by atoms with E-state index in [1.165, 1.54) is 15.3 Å². The van der Waals surface area contributed by atoms with Crippen molar-refractivity contribution in [1.82, 2.24) is 0 Å². The van der Waals surface area contributed by atoms with Crippen molar-refractivity contribution >= 4 is 28.8 Å². The van der Waals surface area contributed by atoms with E-state index in [-0.39, 0.29) is 0 Å². The largest absolute Gasteiger partial charge is 0.398 e. The second-order valence-corrected chi connectivity index (χ2v) is 7.17. The number of hydrogen-bond donors (Lipinski definition) is 1. The Balaban J connectivity index is 2.04. The van der Waals surface area contributed by atoms with Gasteiger partial charge in [0.05, 0.1) is 5.75 Å². The molecule has 0 aliphatic rings. The lowest BCUT2D eigenvalue weighted by Crippen LogP contribution is -2.11. The van der Waals surface area contributed by atoms with Crippen molar-refractivity contribution < 1.29 is 13.2 Å². The number of nitrogens with one attached hydrogen (secondary N) is 1. The van der Waals surface area contributed by atoms with Crippen LogP contribution in [0.5, 0.6) is 0 Å². The average Bonchev–Trinajstić information content (AvgIpc) is 2.72. The monoisotopic (exact) mass is 331 g/mol. The molecule has 1 heterocycles. The van der Waals surface area contributed by atoms with Crippen molar-refractivity contribution in [3.05, 3.63) is 45.6 Å². The molecule has 2 aromatic rings. The molecule has 0 atom stereocenters. The fourth-order valence-corrected chi connectivity index (χ4v) is 3.68. The molecule has 0 aliphatic carbocycles. The Bertz CT molecular complexity index is 605. The topological polar surface area (TPSA) is 12.0 Å². The Kier molecular flexibility index (Phi) is 5.22. The highest BCUT2D eigenvalue weighted by atomic mass is 32.2. The summed E-state index contributed by atoms with van der Waals surface area (Å²) in [5.74, 6) is -0.873. The number of alkyl halides is 3. The van der Waals surface area contributed by atoms with E-state index in [4.69, 9.17) is 0 Å². The molecule has 0 saturated heterocycles. The molecule has 1 aromatic heterocycles. The van der Waals surface area contributed by atoms with Gasteiger partial charge in [-0.05, 0) is 37.6 Å². The molecule has 0 saturated carbocycles. The lowest BCUT2D eigenvalue weighted by molar-refractivity contribution is -0.105. The van der Waals surface area contributed by atoms with Gasteiger partial charge in [0.15, 0.2) is 0 Å². The third-order valence-corrected chi connectivity index (χ3v) is 5.04. The molecular weight excluding hydrogens is 315 g/mol. The van der Waals surface area contributed by atoms with Crippen LogP contribution in [0.1, 0.15) is 15.3 Å². The number of anilines is 1. The Morgan fingerprint density at radius 3 is 2.52 bits per heavy atom. The predicted molar refractivity (Wildman–Crippen MR) is 84.3 cm³/mol. The summed E-state index contributed by atoms with van der Waals surface area (Å²) >= 11 is 2.54. The molecule has 1 aromatic carbocycles. The van der Waals surface area contributed by atoms with E-state index in [0.717, 1.165) is 17.4 Å². The molecule has 114 valence electrons. The zero-order chi connectivity index (χ0) is 15.5. The maximum absolute atomic E-state index is 12.3. The van der Waals surface area contributed by atoms with E-state index in [0.29, 0.717) is 11.4 Å². The number of rotatable bonds is 5. The summed E-state index contributed by atoms with van der Waals surface area (Å²) in [6, 6.07) is 9.21. The average molecular weight is 331 g/mol. The normalized spacial score (nSPS) is 11.7. The summed E-state index contributed by atoms with van der Waals surface area (Å²) in [5.41, 5.74) is 1.93. The number of thioether (sulfide) groups is 1. The Labute approximate surface area is 130 Å². The molecule has 2 rings (SSSR count). The molecule has 0 aliphatic heterocycles. The number of para-hydroxylation sites is 1. The van der Waals surface area contributed by atoms with Crippen LogP contribution in [0.4, 0.5) is 18.9 Å². The lowest BCUT2D eigenvalue weighted by atomic mass is 10.2. The molecule has 0 radical (unpaired) electrons. The van der Waals surface area contributed by atoms with Crippen LogP contribution in [0.25, 0.3) is 0 Å². The van der Waals surface area contributed by atoms with Crippen LogP contribution < -0.4 is 5.32 Å². The first-order valence-electron chi connectivity index (χ1n) is 6.43. The summed E-state index contributed by atoms with van der Waals surface area (Å²) in [6.07, 6.45) is -4.15. The van der Waals surface area contributed by atoms with Crippen molar-refractivity contribution in [3.8, 4) is 0 Å². The van der Waals surface area contributed by atoms with Crippen LogP contribution in [0.2, 0.25) is 0 Å². The molecule has 1 nitrogen and oxygen atoms in total. The minimum Gasteiger partial charge on any atom is -0.380 e. The molecule has 0 unspecified atom stereocenters. The van der Waals surface area contributed by atoms with Crippen molar-refractivity contribution in [1.29, 1.82) is 0 Å². The van der Waals surface area contributed by atoms with Crippen molar-refractivity contribution in [2.24, 2.45) is 0 Å². The number of benzene rings is 1. The first-order chi connectivity index (χ1) is 9.85. The first kappa shape index (κ1) is 16.2. The van der Waals surface area contributed by atoms with E-state index in [9.17, 15) is 13.2 Å². The van der Waals surface area contributed by atoms with Crippen LogP contribution >= 0.6 is 23.1 Å². The molecule has 0 spiro atoms. The van der Waals surface area contributed by atoms with E-state index >= 15 is 0 Å². The number of hydrogen-bond acceptors (Lipinski definition) is 3. The van der Waals surface area contributed by atoms with Gasteiger partial charge in [0, 0.05) is 26.9 Å². The summed E-state index contributed by atoms with van der Waals surface area (Å²) < 4.78 is 37.0. The molecule has 6 heteroatoms. The maximum atomic E-state index is 12.3.